The number of benzene rings is 1. The molecule has 0 heterocycles. The number of nitrogens with one attached hydrogen (secondary N) is 2. The largest absolute Gasteiger partial charge is 0.497 e. The Morgan fingerprint density at radius 3 is 2.67 bits per heavy atom. The predicted molar refractivity (Wildman–Crippen MR) is 98.9 cm³/mol. The molecule has 6 nitrogen and oxygen atoms in total. The minimum absolute atomic E-state index is 0. The van der Waals surface area contributed by atoms with Gasteiger partial charge in [-0.25, -0.2) is 4.79 Å². The molecule has 0 radical (unpaired) electrons. The standard InChI is InChI=1S/C16H24N2O4S.ClH/c1-21-13-6-4-5-12(9-13)10-17-11-15(19)18-14(7-8-23-3)16(20)22-2;/h4-6,9,14,17H,7-8,10-11H2,1-3H3,(H,18,19);1H/t14-;/m0./s1. The number of ether oxygens (including phenoxy) is 2. The minimum Gasteiger partial charge on any atom is -0.497 e. The van der Waals surface area contributed by atoms with Gasteiger partial charge in [0, 0.05) is 6.54 Å². The maximum Gasteiger partial charge on any atom is 0.328 e. The van der Waals surface area contributed by atoms with Gasteiger partial charge in [-0.2, -0.15) is 11.8 Å². The zero-order valence-electron chi connectivity index (χ0n) is 14.2. The van der Waals surface area contributed by atoms with Crippen molar-refractivity contribution in [1.29, 1.82) is 0 Å². The summed E-state index contributed by atoms with van der Waals surface area (Å²) >= 11 is 1.62. The van der Waals surface area contributed by atoms with Crippen LogP contribution in [0.1, 0.15) is 12.0 Å². The van der Waals surface area contributed by atoms with Gasteiger partial charge in [0.05, 0.1) is 20.8 Å². The lowest BCUT2D eigenvalue weighted by Gasteiger charge is -2.16. The Kier molecular flexibility index (Phi) is 12.1. The molecule has 1 aromatic carbocycles. The lowest BCUT2D eigenvalue weighted by molar-refractivity contribution is -0.145. The van der Waals surface area contributed by atoms with Crippen molar-refractivity contribution in [3.63, 3.8) is 0 Å². The van der Waals surface area contributed by atoms with E-state index >= 15 is 0 Å². The van der Waals surface area contributed by atoms with Crippen molar-refractivity contribution < 1.29 is 19.1 Å². The minimum atomic E-state index is -0.599. The zero-order valence-corrected chi connectivity index (χ0v) is 15.8. The van der Waals surface area contributed by atoms with Crippen LogP contribution < -0.4 is 15.4 Å². The van der Waals surface area contributed by atoms with Crippen LogP contribution in [-0.4, -0.2) is 50.7 Å². The van der Waals surface area contributed by atoms with Gasteiger partial charge in [0.2, 0.25) is 5.91 Å². The van der Waals surface area contributed by atoms with E-state index in [0.29, 0.717) is 13.0 Å². The Labute approximate surface area is 153 Å². The van der Waals surface area contributed by atoms with Crippen LogP contribution in [0.3, 0.4) is 0 Å². The van der Waals surface area contributed by atoms with Gasteiger partial charge in [-0.05, 0) is 36.1 Å². The zero-order chi connectivity index (χ0) is 17.1. The summed E-state index contributed by atoms with van der Waals surface area (Å²) in [6.07, 6.45) is 2.50. The second-order valence-corrected chi connectivity index (χ2v) is 5.87. The molecule has 0 unspecified atom stereocenters. The smallest absolute Gasteiger partial charge is 0.328 e. The SMILES string of the molecule is COC(=O)[C@H](CCSC)NC(=O)CNCc1cccc(OC)c1.Cl. The molecule has 1 atom stereocenters. The van der Waals surface area contributed by atoms with Crippen LogP contribution >= 0.6 is 24.2 Å². The summed E-state index contributed by atoms with van der Waals surface area (Å²) in [5, 5.41) is 5.74. The van der Waals surface area contributed by atoms with Crippen molar-refractivity contribution in [1.82, 2.24) is 10.6 Å². The van der Waals surface area contributed by atoms with Gasteiger partial charge in [-0.15, -0.1) is 12.4 Å². The number of methoxy groups -OCH3 is 2. The monoisotopic (exact) mass is 376 g/mol. The Morgan fingerprint density at radius 1 is 1.29 bits per heavy atom. The summed E-state index contributed by atoms with van der Waals surface area (Å²) in [6, 6.07) is 7.01. The van der Waals surface area contributed by atoms with Gasteiger partial charge in [-0.1, -0.05) is 12.1 Å². The summed E-state index contributed by atoms with van der Waals surface area (Å²) in [4.78, 5) is 23.6. The molecule has 0 aromatic heterocycles. The number of hydrogen-bond acceptors (Lipinski definition) is 6. The summed E-state index contributed by atoms with van der Waals surface area (Å²) in [5.74, 6) is 0.901. The lowest BCUT2D eigenvalue weighted by atomic mass is 10.2. The predicted octanol–water partition coefficient (Wildman–Crippen LogP) is 1.62. The first kappa shape index (κ1) is 22.6. The number of hydrogen-bond donors (Lipinski definition) is 2. The van der Waals surface area contributed by atoms with Crippen molar-refractivity contribution >= 4 is 36.0 Å². The van der Waals surface area contributed by atoms with Crippen LogP contribution in [0.15, 0.2) is 24.3 Å². The number of carbonyl (C=O) groups excluding carboxylic acids is 2. The first-order chi connectivity index (χ1) is 11.1. The first-order valence-corrected chi connectivity index (χ1v) is 8.69. The Hall–Kier alpha value is -1.44. The maximum atomic E-state index is 11.9. The van der Waals surface area contributed by atoms with E-state index < -0.39 is 12.0 Å². The molecule has 136 valence electrons. The highest BCUT2D eigenvalue weighted by molar-refractivity contribution is 7.98. The van der Waals surface area contributed by atoms with Crippen LogP contribution in [0.25, 0.3) is 0 Å². The molecule has 0 fully saturated rings. The molecule has 24 heavy (non-hydrogen) atoms. The maximum absolute atomic E-state index is 11.9. The molecule has 0 aliphatic heterocycles. The van der Waals surface area contributed by atoms with E-state index in [0.717, 1.165) is 17.1 Å². The lowest BCUT2D eigenvalue weighted by Crippen LogP contribution is -2.45. The molecular formula is C16H25ClN2O4S. The Morgan fingerprint density at radius 2 is 2.04 bits per heavy atom. The highest BCUT2D eigenvalue weighted by Crippen LogP contribution is 2.11. The van der Waals surface area contributed by atoms with Crippen molar-refractivity contribution in [2.75, 3.05) is 32.8 Å². The van der Waals surface area contributed by atoms with Crippen LogP contribution in [-0.2, 0) is 20.9 Å². The molecular weight excluding hydrogens is 352 g/mol. The number of thioether (sulfide) groups is 1. The molecule has 1 rings (SSSR count). The Balaban J connectivity index is 0.00000529. The number of carbonyl (C=O) groups is 2. The summed E-state index contributed by atoms with van der Waals surface area (Å²) in [6.45, 7) is 0.669. The van der Waals surface area contributed by atoms with Crippen LogP contribution in [0.2, 0.25) is 0 Å². The number of rotatable bonds is 10. The quantitative estimate of drug-likeness (QED) is 0.604. The number of esters is 1. The van der Waals surface area contributed by atoms with Crippen molar-refractivity contribution in [3.8, 4) is 5.75 Å². The summed E-state index contributed by atoms with van der Waals surface area (Å²) < 4.78 is 9.86. The van der Waals surface area contributed by atoms with Crippen LogP contribution in [0.4, 0.5) is 0 Å². The van der Waals surface area contributed by atoms with Crippen molar-refractivity contribution in [3.05, 3.63) is 29.8 Å². The topological polar surface area (TPSA) is 76.7 Å². The summed E-state index contributed by atoms with van der Waals surface area (Å²) in [5.41, 5.74) is 1.02. The molecule has 0 saturated carbocycles. The van der Waals surface area contributed by atoms with Crippen LogP contribution in [0, 0.1) is 0 Å². The van der Waals surface area contributed by atoms with Crippen LogP contribution in [0.5, 0.6) is 5.75 Å². The normalized spacial score (nSPS) is 11.1. The third-order valence-corrected chi connectivity index (χ3v) is 3.82. The van der Waals surface area contributed by atoms with E-state index in [2.05, 4.69) is 10.6 Å². The molecule has 2 N–H and O–H groups in total. The molecule has 0 aliphatic rings. The molecule has 0 spiro atoms. The van der Waals surface area contributed by atoms with E-state index in [1.807, 2.05) is 30.5 Å². The fourth-order valence-corrected chi connectivity index (χ4v) is 2.45. The number of amides is 1. The molecule has 0 bridgehead atoms. The molecule has 1 aromatic rings. The van der Waals surface area contributed by atoms with Gasteiger partial charge >= 0.3 is 5.97 Å². The van der Waals surface area contributed by atoms with E-state index in [1.165, 1.54) is 7.11 Å². The second-order valence-electron chi connectivity index (χ2n) is 4.88. The fraction of sp³-hybridized carbons (Fsp3) is 0.500. The van der Waals surface area contributed by atoms with E-state index in [1.54, 1.807) is 18.9 Å². The van der Waals surface area contributed by atoms with Crippen molar-refractivity contribution in [2.45, 2.75) is 19.0 Å². The van der Waals surface area contributed by atoms with Gasteiger partial charge in [0.25, 0.3) is 0 Å². The Bertz CT molecular complexity index is 517. The molecule has 1 amide bonds. The van der Waals surface area contributed by atoms with E-state index in [-0.39, 0.29) is 24.9 Å². The van der Waals surface area contributed by atoms with E-state index in [4.69, 9.17) is 9.47 Å². The second kappa shape index (κ2) is 12.9. The van der Waals surface area contributed by atoms with Gasteiger partial charge in [0.1, 0.15) is 11.8 Å². The third-order valence-electron chi connectivity index (χ3n) is 3.18. The fourth-order valence-electron chi connectivity index (χ4n) is 1.98. The molecule has 8 heteroatoms. The molecule has 0 saturated heterocycles. The number of halogens is 1. The van der Waals surface area contributed by atoms with E-state index in [9.17, 15) is 9.59 Å². The van der Waals surface area contributed by atoms with Gasteiger partial charge < -0.3 is 20.1 Å². The van der Waals surface area contributed by atoms with Gasteiger partial charge in [-0.3, -0.25) is 4.79 Å². The molecule has 0 aliphatic carbocycles. The average Bonchev–Trinajstić information content (AvgIpc) is 2.58. The summed E-state index contributed by atoms with van der Waals surface area (Å²) in [7, 11) is 2.93. The first-order valence-electron chi connectivity index (χ1n) is 7.30. The highest BCUT2D eigenvalue weighted by Gasteiger charge is 2.20. The average molecular weight is 377 g/mol. The van der Waals surface area contributed by atoms with Gasteiger partial charge in [0.15, 0.2) is 0 Å². The third kappa shape index (κ3) is 8.42. The van der Waals surface area contributed by atoms with Crippen molar-refractivity contribution in [2.24, 2.45) is 0 Å². The highest BCUT2D eigenvalue weighted by atomic mass is 35.5.